The number of nitrogens with two attached hydrogens (primary N) is 1. The Labute approximate surface area is 114 Å². The van der Waals surface area contributed by atoms with Gasteiger partial charge in [0.1, 0.15) is 0 Å². The SMILES string of the molecule is N[C@@H](CCc1ccccc1)C(=O)N1CCCOCC1. The number of hydrogen-bond acceptors (Lipinski definition) is 3. The van der Waals surface area contributed by atoms with E-state index >= 15 is 0 Å². The van der Waals surface area contributed by atoms with Gasteiger partial charge in [-0.05, 0) is 24.8 Å². The molecule has 1 fully saturated rings. The molecule has 4 heteroatoms. The number of ether oxygens (including phenoxy) is 1. The lowest BCUT2D eigenvalue weighted by Gasteiger charge is -2.23. The highest BCUT2D eigenvalue weighted by Gasteiger charge is 2.21. The molecule has 1 aromatic rings. The number of amides is 1. The lowest BCUT2D eigenvalue weighted by Crippen LogP contribution is -2.45. The van der Waals surface area contributed by atoms with E-state index in [0.717, 1.165) is 26.0 Å². The van der Waals surface area contributed by atoms with Crippen molar-refractivity contribution in [2.75, 3.05) is 26.3 Å². The second kappa shape index (κ2) is 7.26. The molecule has 0 spiro atoms. The normalized spacial score (nSPS) is 17.8. The number of nitrogens with zero attached hydrogens (tertiary/aromatic N) is 1. The predicted molar refractivity (Wildman–Crippen MR) is 74.8 cm³/mol. The topological polar surface area (TPSA) is 55.6 Å². The van der Waals surface area contributed by atoms with Crippen LogP contribution in [-0.4, -0.2) is 43.2 Å². The van der Waals surface area contributed by atoms with Crippen molar-refractivity contribution in [1.82, 2.24) is 4.90 Å². The minimum absolute atomic E-state index is 0.0569. The lowest BCUT2D eigenvalue weighted by molar-refractivity contribution is -0.132. The van der Waals surface area contributed by atoms with Gasteiger partial charge in [0.05, 0.1) is 12.6 Å². The van der Waals surface area contributed by atoms with Crippen LogP contribution < -0.4 is 5.73 Å². The Kier molecular flexibility index (Phi) is 5.36. The molecule has 1 atom stereocenters. The third-order valence-electron chi connectivity index (χ3n) is 3.44. The molecule has 0 saturated carbocycles. The van der Waals surface area contributed by atoms with Crippen LogP contribution in [0.2, 0.25) is 0 Å². The third kappa shape index (κ3) is 4.33. The summed E-state index contributed by atoms with van der Waals surface area (Å²) in [5.74, 6) is 0.0569. The number of hydrogen-bond donors (Lipinski definition) is 1. The summed E-state index contributed by atoms with van der Waals surface area (Å²) in [6.07, 6.45) is 2.44. The fourth-order valence-corrected chi connectivity index (χ4v) is 2.29. The maximum Gasteiger partial charge on any atom is 0.239 e. The van der Waals surface area contributed by atoms with Crippen molar-refractivity contribution in [3.63, 3.8) is 0 Å². The Balaban J connectivity index is 1.81. The standard InChI is InChI=1S/C15H22N2O2/c16-14(8-7-13-5-2-1-3-6-13)15(18)17-9-4-11-19-12-10-17/h1-3,5-6,14H,4,7-12,16H2/t14-/m0/s1. The van der Waals surface area contributed by atoms with E-state index in [0.29, 0.717) is 19.6 Å². The van der Waals surface area contributed by atoms with Crippen LogP contribution in [0.4, 0.5) is 0 Å². The molecule has 1 aliphatic heterocycles. The van der Waals surface area contributed by atoms with Crippen molar-refractivity contribution >= 4 is 5.91 Å². The van der Waals surface area contributed by atoms with Crippen molar-refractivity contribution in [1.29, 1.82) is 0 Å². The molecule has 1 amide bonds. The first kappa shape index (κ1) is 14.0. The Morgan fingerprint density at radius 1 is 1.26 bits per heavy atom. The number of carbonyl (C=O) groups is 1. The first-order valence-electron chi connectivity index (χ1n) is 6.93. The van der Waals surface area contributed by atoms with Crippen LogP contribution in [0, 0.1) is 0 Å². The van der Waals surface area contributed by atoms with Crippen LogP contribution >= 0.6 is 0 Å². The molecule has 0 aromatic heterocycles. The molecular weight excluding hydrogens is 240 g/mol. The highest BCUT2D eigenvalue weighted by molar-refractivity contribution is 5.81. The summed E-state index contributed by atoms with van der Waals surface area (Å²) < 4.78 is 5.35. The minimum Gasteiger partial charge on any atom is -0.380 e. The number of benzene rings is 1. The summed E-state index contributed by atoms with van der Waals surface area (Å²) in [4.78, 5) is 14.1. The third-order valence-corrected chi connectivity index (χ3v) is 3.44. The van der Waals surface area contributed by atoms with E-state index in [2.05, 4.69) is 12.1 Å². The maximum absolute atomic E-state index is 12.2. The zero-order valence-electron chi connectivity index (χ0n) is 11.3. The van der Waals surface area contributed by atoms with E-state index in [1.54, 1.807) is 0 Å². The molecule has 1 saturated heterocycles. The highest BCUT2D eigenvalue weighted by atomic mass is 16.5. The summed E-state index contributed by atoms with van der Waals surface area (Å²) in [5.41, 5.74) is 7.24. The second-order valence-electron chi connectivity index (χ2n) is 4.92. The van der Waals surface area contributed by atoms with Crippen LogP contribution in [0.5, 0.6) is 0 Å². The van der Waals surface area contributed by atoms with E-state index in [1.807, 2.05) is 23.1 Å². The average molecular weight is 262 g/mol. The van der Waals surface area contributed by atoms with E-state index in [9.17, 15) is 4.79 Å². The van der Waals surface area contributed by atoms with Gasteiger partial charge in [-0.1, -0.05) is 30.3 Å². The van der Waals surface area contributed by atoms with Gasteiger partial charge in [0.15, 0.2) is 0 Å². The van der Waals surface area contributed by atoms with Gasteiger partial charge in [-0.25, -0.2) is 0 Å². The molecule has 19 heavy (non-hydrogen) atoms. The monoisotopic (exact) mass is 262 g/mol. The molecule has 1 aliphatic rings. The quantitative estimate of drug-likeness (QED) is 0.887. The first-order valence-corrected chi connectivity index (χ1v) is 6.93. The Bertz CT molecular complexity index is 386. The Morgan fingerprint density at radius 3 is 2.84 bits per heavy atom. The molecule has 104 valence electrons. The Hall–Kier alpha value is -1.39. The van der Waals surface area contributed by atoms with Gasteiger partial charge in [-0.2, -0.15) is 0 Å². The Morgan fingerprint density at radius 2 is 2.05 bits per heavy atom. The molecule has 0 radical (unpaired) electrons. The van der Waals surface area contributed by atoms with Crippen molar-refractivity contribution in [2.24, 2.45) is 5.73 Å². The molecule has 0 bridgehead atoms. The summed E-state index contributed by atoms with van der Waals surface area (Å²) in [6.45, 7) is 2.79. The van der Waals surface area contributed by atoms with E-state index in [4.69, 9.17) is 10.5 Å². The lowest BCUT2D eigenvalue weighted by atomic mass is 10.0. The largest absolute Gasteiger partial charge is 0.380 e. The summed E-state index contributed by atoms with van der Waals surface area (Å²) in [7, 11) is 0. The van der Waals surface area contributed by atoms with Crippen LogP contribution in [0.3, 0.4) is 0 Å². The van der Waals surface area contributed by atoms with Crippen molar-refractivity contribution in [2.45, 2.75) is 25.3 Å². The molecule has 4 nitrogen and oxygen atoms in total. The van der Waals surface area contributed by atoms with Crippen molar-refractivity contribution < 1.29 is 9.53 Å². The fourth-order valence-electron chi connectivity index (χ4n) is 2.29. The summed E-state index contributed by atoms with van der Waals surface area (Å²) >= 11 is 0. The van der Waals surface area contributed by atoms with Crippen LogP contribution in [0.1, 0.15) is 18.4 Å². The summed E-state index contributed by atoms with van der Waals surface area (Å²) in [5, 5.41) is 0. The highest BCUT2D eigenvalue weighted by Crippen LogP contribution is 2.07. The smallest absolute Gasteiger partial charge is 0.239 e. The van der Waals surface area contributed by atoms with Crippen molar-refractivity contribution in [3.05, 3.63) is 35.9 Å². The predicted octanol–water partition coefficient (Wildman–Crippen LogP) is 1.20. The number of aryl methyl sites for hydroxylation is 1. The molecule has 1 heterocycles. The van der Waals surface area contributed by atoms with Gasteiger partial charge < -0.3 is 15.4 Å². The first-order chi connectivity index (χ1) is 9.27. The van der Waals surface area contributed by atoms with E-state index in [-0.39, 0.29) is 5.91 Å². The van der Waals surface area contributed by atoms with Gasteiger partial charge in [-0.15, -0.1) is 0 Å². The van der Waals surface area contributed by atoms with Gasteiger partial charge >= 0.3 is 0 Å². The maximum atomic E-state index is 12.2. The van der Waals surface area contributed by atoms with E-state index < -0.39 is 6.04 Å². The molecular formula is C15H22N2O2. The van der Waals surface area contributed by atoms with Gasteiger partial charge in [0, 0.05) is 19.7 Å². The zero-order chi connectivity index (χ0) is 13.5. The van der Waals surface area contributed by atoms with Gasteiger partial charge in [0.25, 0.3) is 0 Å². The van der Waals surface area contributed by atoms with Crippen molar-refractivity contribution in [3.8, 4) is 0 Å². The number of rotatable bonds is 4. The van der Waals surface area contributed by atoms with Gasteiger partial charge in [-0.3, -0.25) is 4.79 Å². The molecule has 2 N–H and O–H groups in total. The van der Waals surface area contributed by atoms with Crippen LogP contribution in [-0.2, 0) is 16.0 Å². The molecule has 0 unspecified atom stereocenters. The molecule has 2 rings (SSSR count). The molecule has 0 aliphatic carbocycles. The number of carbonyl (C=O) groups excluding carboxylic acids is 1. The minimum atomic E-state index is -0.404. The average Bonchev–Trinajstić information content (AvgIpc) is 2.74. The fraction of sp³-hybridized carbons (Fsp3) is 0.533. The van der Waals surface area contributed by atoms with Crippen LogP contribution in [0.15, 0.2) is 30.3 Å². The second-order valence-corrected chi connectivity index (χ2v) is 4.92. The van der Waals surface area contributed by atoms with Crippen LogP contribution in [0.25, 0.3) is 0 Å². The zero-order valence-corrected chi connectivity index (χ0v) is 11.3. The van der Waals surface area contributed by atoms with Gasteiger partial charge in [0.2, 0.25) is 5.91 Å². The van der Waals surface area contributed by atoms with E-state index in [1.165, 1.54) is 5.56 Å². The summed E-state index contributed by atoms with van der Waals surface area (Å²) in [6, 6.07) is 9.74. The molecule has 1 aromatic carbocycles.